The van der Waals surface area contributed by atoms with Crippen LogP contribution in [0, 0.1) is 6.92 Å². The maximum absolute atomic E-state index is 12.4. The molecule has 0 radical (unpaired) electrons. The molecule has 1 aliphatic heterocycles. The number of rotatable bonds is 2. The Balaban J connectivity index is 2.14. The fourth-order valence-electron chi connectivity index (χ4n) is 2.31. The van der Waals surface area contributed by atoms with Crippen molar-refractivity contribution < 1.29 is 9.53 Å². The molecule has 1 heterocycles. The minimum atomic E-state index is -0.000556. The molecule has 0 unspecified atom stereocenters. The zero-order valence-electron chi connectivity index (χ0n) is 11.0. The molecule has 1 aliphatic rings. The van der Waals surface area contributed by atoms with Gasteiger partial charge in [-0.1, -0.05) is 6.07 Å². The van der Waals surface area contributed by atoms with Crippen molar-refractivity contribution in [3.63, 3.8) is 0 Å². The fraction of sp³-hybridized carbons (Fsp3) is 0.500. The highest BCUT2D eigenvalue weighted by molar-refractivity contribution is 5.99. The van der Waals surface area contributed by atoms with E-state index in [1.54, 1.807) is 4.90 Å². The molecule has 0 aromatic heterocycles. The minimum Gasteiger partial charge on any atom is -0.398 e. The second kappa shape index (κ2) is 5.40. The Morgan fingerprint density at radius 2 is 2.06 bits per heavy atom. The molecule has 4 heteroatoms. The SMILES string of the molecule is Cc1ccc(C(=O)N(C)C2CCOCC2)c(N)c1. The van der Waals surface area contributed by atoms with Crippen molar-refractivity contribution in [2.24, 2.45) is 0 Å². The van der Waals surface area contributed by atoms with Gasteiger partial charge in [0.15, 0.2) is 0 Å². The molecule has 0 aliphatic carbocycles. The molecule has 1 saturated heterocycles. The summed E-state index contributed by atoms with van der Waals surface area (Å²) in [7, 11) is 1.84. The van der Waals surface area contributed by atoms with Crippen molar-refractivity contribution >= 4 is 11.6 Å². The first kappa shape index (κ1) is 12.9. The molecule has 0 saturated carbocycles. The number of hydrogen-bond acceptors (Lipinski definition) is 3. The van der Waals surface area contributed by atoms with E-state index in [1.165, 1.54) is 0 Å². The Bertz CT molecular complexity index is 439. The van der Waals surface area contributed by atoms with Crippen LogP contribution in [-0.4, -0.2) is 37.1 Å². The topological polar surface area (TPSA) is 55.6 Å². The van der Waals surface area contributed by atoms with E-state index in [0.29, 0.717) is 11.3 Å². The van der Waals surface area contributed by atoms with Crippen LogP contribution in [0.3, 0.4) is 0 Å². The molecule has 2 N–H and O–H groups in total. The average molecular weight is 248 g/mol. The fourth-order valence-corrected chi connectivity index (χ4v) is 2.31. The standard InChI is InChI=1S/C14H20N2O2/c1-10-3-4-12(13(15)9-10)14(17)16(2)11-5-7-18-8-6-11/h3-4,9,11H,5-8,15H2,1-2H3. The van der Waals surface area contributed by atoms with E-state index >= 15 is 0 Å². The van der Waals surface area contributed by atoms with Gasteiger partial charge in [0.2, 0.25) is 0 Å². The first-order chi connectivity index (χ1) is 8.59. The van der Waals surface area contributed by atoms with E-state index < -0.39 is 0 Å². The van der Waals surface area contributed by atoms with Gasteiger partial charge in [0, 0.05) is 32.0 Å². The van der Waals surface area contributed by atoms with Crippen molar-refractivity contribution in [3.8, 4) is 0 Å². The van der Waals surface area contributed by atoms with Crippen LogP contribution in [0.5, 0.6) is 0 Å². The Morgan fingerprint density at radius 1 is 1.39 bits per heavy atom. The first-order valence-electron chi connectivity index (χ1n) is 6.30. The van der Waals surface area contributed by atoms with Gasteiger partial charge in [0.25, 0.3) is 5.91 Å². The van der Waals surface area contributed by atoms with Crippen molar-refractivity contribution in [3.05, 3.63) is 29.3 Å². The summed E-state index contributed by atoms with van der Waals surface area (Å²) in [6.45, 7) is 3.42. The van der Waals surface area contributed by atoms with Crippen LogP contribution in [0.15, 0.2) is 18.2 Å². The molecule has 2 rings (SSSR count). The summed E-state index contributed by atoms with van der Waals surface area (Å²) in [5.41, 5.74) is 8.13. The zero-order valence-corrected chi connectivity index (χ0v) is 11.0. The van der Waals surface area contributed by atoms with Gasteiger partial charge in [0.1, 0.15) is 0 Å². The highest BCUT2D eigenvalue weighted by Gasteiger charge is 2.24. The van der Waals surface area contributed by atoms with Crippen molar-refractivity contribution in [1.82, 2.24) is 4.90 Å². The number of amides is 1. The van der Waals surface area contributed by atoms with E-state index in [9.17, 15) is 4.79 Å². The predicted molar refractivity (Wildman–Crippen MR) is 71.5 cm³/mol. The van der Waals surface area contributed by atoms with Gasteiger partial charge >= 0.3 is 0 Å². The maximum Gasteiger partial charge on any atom is 0.255 e. The molecule has 0 bridgehead atoms. The Morgan fingerprint density at radius 3 is 2.67 bits per heavy atom. The van der Waals surface area contributed by atoms with E-state index in [0.717, 1.165) is 31.6 Å². The van der Waals surface area contributed by atoms with Crippen LogP contribution in [-0.2, 0) is 4.74 Å². The van der Waals surface area contributed by atoms with Gasteiger partial charge in [-0.05, 0) is 37.5 Å². The highest BCUT2D eigenvalue weighted by atomic mass is 16.5. The number of carbonyl (C=O) groups is 1. The molecule has 0 atom stereocenters. The Hall–Kier alpha value is -1.55. The van der Waals surface area contributed by atoms with Gasteiger partial charge < -0.3 is 15.4 Å². The predicted octanol–water partition coefficient (Wildman–Crippen LogP) is 1.83. The number of nitrogens with zero attached hydrogens (tertiary/aromatic N) is 1. The largest absolute Gasteiger partial charge is 0.398 e. The second-order valence-corrected chi connectivity index (χ2v) is 4.85. The molecule has 98 valence electrons. The van der Waals surface area contributed by atoms with Crippen LogP contribution in [0.2, 0.25) is 0 Å². The number of benzene rings is 1. The summed E-state index contributed by atoms with van der Waals surface area (Å²) in [6, 6.07) is 5.82. The lowest BCUT2D eigenvalue weighted by Gasteiger charge is -2.31. The van der Waals surface area contributed by atoms with Crippen LogP contribution < -0.4 is 5.73 Å². The van der Waals surface area contributed by atoms with Crippen molar-refractivity contribution in [2.45, 2.75) is 25.8 Å². The second-order valence-electron chi connectivity index (χ2n) is 4.85. The number of aryl methyl sites for hydroxylation is 1. The number of nitrogens with two attached hydrogens (primary N) is 1. The molecular formula is C14H20N2O2. The average Bonchev–Trinajstić information content (AvgIpc) is 2.38. The highest BCUT2D eigenvalue weighted by Crippen LogP contribution is 2.20. The molecule has 1 aromatic carbocycles. The lowest BCUT2D eigenvalue weighted by molar-refractivity contribution is 0.0362. The third-order valence-electron chi connectivity index (χ3n) is 3.50. The van der Waals surface area contributed by atoms with Gasteiger partial charge in [0.05, 0.1) is 5.56 Å². The van der Waals surface area contributed by atoms with E-state index in [1.807, 2.05) is 32.2 Å². The third kappa shape index (κ3) is 2.64. The molecule has 1 fully saturated rings. The van der Waals surface area contributed by atoms with Crippen molar-refractivity contribution in [1.29, 1.82) is 0 Å². The van der Waals surface area contributed by atoms with Gasteiger partial charge in [-0.3, -0.25) is 4.79 Å². The Kier molecular flexibility index (Phi) is 3.87. The summed E-state index contributed by atoms with van der Waals surface area (Å²) < 4.78 is 5.31. The number of anilines is 1. The zero-order chi connectivity index (χ0) is 13.1. The van der Waals surface area contributed by atoms with E-state index in [4.69, 9.17) is 10.5 Å². The summed E-state index contributed by atoms with van der Waals surface area (Å²) in [5.74, 6) is -0.000556. The van der Waals surface area contributed by atoms with E-state index in [2.05, 4.69) is 0 Å². The molecular weight excluding hydrogens is 228 g/mol. The quantitative estimate of drug-likeness (QED) is 0.812. The molecule has 1 amide bonds. The van der Waals surface area contributed by atoms with Gasteiger partial charge in [-0.25, -0.2) is 0 Å². The van der Waals surface area contributed by atoms with Crippen LogP contribution in [0.1, 0.15) is 28.8 Å². The van der Waals surface area contributed by atoms with Crippen LogP contribution in [0.4, 0.5) is 5.69 Å². The maximum atomic E-state index is 12.4. The van der Waals surface area contributed by atoms with Gasteiger partial charge in [-0.2, -0.15) is 0 Å². The van der Waals surface area contributed by atoms with E-state index in [-0.39, 0.29) is 11.9 Å². The van der Waals surface area contributed by atoms with Crippen LogP contribution in [0.25, 0.3) is 0 Å². The monoisotopic (exact) mass is 248 g/mol. The molecule has 18 heavy (non-hydrogen) atoms. The normalized spacial score (nSPS) is 16.6. The first-order valence-corrected chi connectivity index (χ1v) is 6.30. The van der Waals surface area contributed by atoms with Crippen LogP contribution >= 0.6 is 0 Å². The molecule has 1 aromatic rings. The number of ether oxygens (including phenoxy) is 1. The number of hydrogen-bond donors (Lipinski definition) is 1. The summed E-state index contributed by atoms with van der Waals surface area (Å²) in [4.78, 5) is 14.2. The molecule has 4 nitrogen and oxygen atoms in total. The lowest BCUT2D eigenvalue weighted by atomic mass is 10.0. The Labute approximate surface area is 108 Å². The smallest absolute Gasteiger partial charge is 0.255 e. The molecule has 0 spiro atoms. The number of carbonyl (C=O) groups excluding carboxylic acids is 1. The minimum absolute atomic E-state index is 0.000556. The number of nitrogen functional groups attached to an aromatic ring is 1. The van der Waals surface area contributed by atoms with Gasteiger partial charge in [-0.15, -0.1) is 0 Å². The van der Waals surface area contributed by atoms with Crippen molar-refractivity contribution in [2.75, 3.05) is 26.0 Å². The summed E-state index contributed by atoms with van der Waals surface area (Å²) in [6.07, 6.45) is 1.79. The summed E-state index contributed by atoms with van der Waals surface area (Å²) >= 11 is 0. The summed E-state index contributed by atoms with van der Waals surface area (Å²) in [5, 5.41) is 0. The third-order valence-corrected chi connectivity index (χ3v) is 3.50. The lowest BCUT2D eigenvalue weighted by Crippen LogP contribution is -2.40.